The summed E-state index contributed by atoms with van der Waals surface area (Å²) in [6, 6.07) is 0. The van der Waals surface area contributed by atoms with Gasteiger partial charge in [0.05, 0.1) is 16.6 Å². The van der Waals surface area contributed by atoms with E-state index in [1.54, 1.807) is 24.3 Å². The summed E-state index contributed by atoms with van der Waals surface area (Å²) in [6.07, 6.45) is 2.71. The summed E-state index contributed by atoms with van der Waals surface area (Å²) in [4.78, 5) is 19.8. The minimum atomic E-state index is -0.529. The molecular weight excluding hydrogens is 300 g/mol. The Balaban J connectivity index is 2.92. The molecule has 0 spiro atoms. The summed E-state index contributed by atoms with van der Waals surface area (Å²) in [5, 5.41) is 1.57. The van der Waals surface area contributed by atoms with Crippen LogP contribution in [0.5, 0.6) is 0 Å². The quantitative estimate of drug-likeness (QED) is 0.868. The Kier molecular flexibility index (Phi) is 4.89. The predicted octanol–water partition coefficient (Wildman–Crippen LogP) is 2.51. The summed E-state index contributed by atoms with van der Waals surface area (Å²) >= 11 is 3.27. The summed E-state index contributed by atoms with van der Waals surface area (Å²) < 4.78 is 5.63. The van der Waals surface area contributed by atoms with Gasteiger partial charge in [-0.05, 0) is 43.6 Å². The van der Waals surface area contributed by atoms with E-state index in [9.17, 15) is 4.79 Å². The van der Waals surface area contributed by atoms with Gasteiger partial charge in [-0.15, -0.1) is 0 Å². The van der Waals surface area contributed by atoms with Gasteiger partial charge in [0, 0.05) is 12.4 Å². The van der Waals surface area contributed by atoms with Crippen LogP contribution in [0.1, 0.15) is 27.7 Å². The van der Waals surface area contributed by atoms with Crippen molar-refractivity contribution in [2.75, 3.05) is 11.6 Å². The lowest BCUT2D eigenvalue weighted by atomic mass is 10.1. The Hall–Kier alpha value is -1.37. The first-order valence-electron chi connectivity index (χ1n) is 5.55. The second kappa shape index (κ2) is 5.99. The van der Waals surface area contributed by atoms with Gasteiger partial charge >= 0.3 is 6.09 Å². The minimum Gasteiger partial charge on any atom is -0.449 e. The van der Waals surface area contributed by atoms with Crippen LogP contribution in [0.4, 0.5) is 10.7 Å². The van der Waals surface area contributed by atoms with Gasteiger partial charge in [-0.25, -0.2) is 25.2 Å². The molecule has 0 atom stereocenters. The average molecular weight is 317 g/mol. The zero-order valence-corrected chi connectivity index (χ0v) is 12.5. The molecule has 0 aliphatic rings. The largest absolute Gasteiger partial charge is 0.449 e. The molecule has 6 nitrogen and oxygen atoms in total. The molecule has 0 bridgehead atoms. The molecule has 1 heterocycles. The van der Waals surface area contributed by atoms with Crippen molar-refractivity contribution in [2.45, 2.75) is 33.2 Å². The van der Waals surface area contributed by atoms with Gasteiger partial charge in [-0.2, -0.15) is 0 Å². The number of ether oxygens (including phenoxy) is 1. The van der Waals surface area contributed by atoms with Crippen LogP contribution in [-0.2, 0) is 4.74 Å². The number of hydrazine groups is 1. The van der Waals surface area contributed by atoms with Gasteiger partial charge in [-0.1, -0.05) is 0 Å². The van der Waals surface area contributed by atoms with Crippen LogP contribution in [0.2, 0.25) is 0 Å². The maximum atomic E-state index is 11.5. The highest BCUT2D eigenvalue weighted by Gasteiger charge is 2.26. The summed E-state index contributed by atoms with van der Waals surface area (Å²) in [5.74, 6) is 0.402. The molecule has 1 aromatic rings. The number of amides is 1. The molecular formula is C11H17BrN4O2. The lowest BCUT2D eigenvalue weighted by Crippen LogP contribution is -2.54. The molecule has 0 fully saturated rings. The molecule has 1 rings (SSSR count). The standard InChI is InChI=1S/C11H17BrN4O2/c1-5-18-10(17)15-16(11(2,3)4)9-13-6-8(12)7-14-9/h6-7H,5H2,1-4H3,(H,15,17). The molecule has 1 N–H and O–H groups in total. The predicted molar refractivity (Wildman–Crippen MR) is 72.1 cm³/mol. The SMILES string of the molecule is CCOC(=O)NN(c1ncc(Br)cn1)C(C)(C)C. The van der Waals surface area contributed by atoms with E-state index in [2.05, 4.69) is 31.3 Å². The van der Waals surface area contributed by atoms with E-state index in [1.165, 1.54) is 0 Å². The number of hydrogen-bond donors (Lipinski definition) is 1. The fourth-order valence-electron chi connectivity index (χ4n) is 1.19. The van der Waals surface area contributed by atoms with E-state index in [0.717, 1.165) is 4.47 Å². The minimum absolute atomic E-state index is 0.311. The van der Waals surface area contributed by atoms with E-state index >= 15 is 0 Å². The van der Waals surface area contributed by atoms with Crippen molar-refractivity contribution in [3.05, 3.63) is 16.9 Å². The molecule has 0 aliphatic carbocycles. The van der Waals surface area contributed by atoms with Crippen LogP contribution >= 0.6 is 15.9 Å². The van der Waals surface area contributed by atoms with Crippen molar-refractivity contribution in [1.29, 1.82) is 0 Å². The van der Waals surface area contributed by atoms with Gasteiger partial charge in [0.1, 0.15) is 0 Å². The lowest BCUT2D eigenvalue weighted by molar-refractivity contribution is 0.148. The first-order valence-corrected chi connectivity index (χ1v) is 6.35. The van der Waals surface area contributed by atoms with Gasteiger partial charge in [0.15, 0.2) is 0 Å². The number of hydrogen-bond acceptors (Lipinski definition) is 5. The third-order valence-corrected chi connectivity index (χ3v) is 2.37. The Morgan fingerprint density at radius 3 is 2.44 bits per heavy atom. The van der Waals surface area contributed by atoms with Crippen molar-refractivity contribution in [3.63, 3.8) is 0 Å². The molecule has 0 unspecified atom stereocenters. The van der Waals surface area contributed by atoms with Crippen LogP contribution in [-0.4, -0.2) is 28.2 Å². The first-order chi connectivity index (χ1) is 8.34. The third-order valence-electron chi connectivity index (χ3n) is 1.96. The fraction of sp³-hybridized carbons (Fsp3) is 0.545. The van der Waals surface area contributed by atoms with Crippen molar-refractivity contribution >= 4 is 28.0 Å². The van der Waals surface area contributed by atoms with Crippen molar-refractivity contribution in [1.82, 2.24) is 15.4 Å². The number of carbonyl (C=O) groups is 1. The molecule has 0 aliphatic heterocycles. The monoisotopic (exact) mass is 316 g/mol. The average Bonchev–Trinajstić information content (AvgIpc) is 2.26. The Morgan fingerprint density at radius 1 is 1.44 bits per heavy atom. The highest BCUT2D eigenvalue weighted by molar-refractivity contribution is 9.10. The van der Waals surface area contributed by atoms with E-state index < -0.39 is 6.09 Å². The lowest BCUT2D eigenvalue weighted by Gasteiger charge is -2.34. The topological polar surface area (TPSA) is 67.3 Å². The second-order valence-corrected chi connectivity index (χ2v) is 5.46. The van der Waals surface area contributed by atoms with Crippen LogP contribution < -0.4 is 10.4 Å². The number of rotatable bonds is 3. The maximum absolute atomic E-state index is 11.5. The number of nitrogens with zero attached hydrogens (tertiary/aromatic N) is 3. The van der Waals surface area contributed by atoms with Crippen molar-refractivity contribution in [3.8, 4) is 0 Å². The first kappa shape index (κ1) is 14.7. The van der Waals surface area contributed by atoms with Crippen LogP contribution in [0.15, 0.2) is 16.9 Å². The van der Waals surface area contributed by atoms with Crippen LogP contribution in [0.25, 0.3) is 0 Å². The molecule has 7 heteroatoms. The number of aromatic nitrogens is 2. The van der Waals surface area contributed by atoms with Crippen LogP contribution in [0, 0.1) is 0 Å². The zero-order chi connectivity index (χ0) is 13.8. The normalized spacial score (nSPS) is 10.9. The molecule has 0 saturated carbocycles. The molecule has 1 aromatic heterocycles. The molecule has 0 radical (unpaired) electrons. The molecule has 0 aromatic carbocycles. The summed E-state index contributed by atoms with van der Waals surface area (Å²) in [6.45, 7) is 7.86. The highest BCUT2D eigenvalue weighted by Crippen LogP contribution is 2.18. The fourth-order valence-corrected chi connectivity index (χ4v) is 1.40. The molecule has 100 valence electrons. The highest BCUT2D eigenvalue weighted by atomic mass is 79.9. The zero-order valence-electron chi connectivity index (χ0n) is 10.9. The maximum Gasteiger partial charge on any atom is 0.426 e. The van der Waals surface area contributed by atoms with Gasteiger partial charge in [0.2, 0.25) is 5.95 Å². The second-order valence-electron chi connectivity index (χ2n) is 4.54. The third kappa shape index (κ3) is 4.14. The van der Waals surface area contributed by atoms with Gasteiger partial charge in [0.25, 0.3) is 0 Å². The Morgan fingerprint density at radius 2 is 2.00 bits per heavy atom. The Labute approximate surface area is 115 Å². The molecule has 1 amide bonds. The number of anilines is 1. The van der Waals surface area contributed by atoms with E-state index in [-0.39, 0.29) is 5.54 Å². The summed E-state index contributed by atoms with van der Waals surface area (Å²) in [5.41, 5.74) is 2.25. The van der Waals surface area contributed by atoms with E-state index in [1.807, 2.05) is 20.8 Å². The summed E-state index contributed by atoms with van der Waals surface area (Å²) in [7, 11) is 0. The Bertz CT molecular complexity index is 402. The van der Waals surface area contributed by atoms with Crippen molar-refractivity contribution < 1.29 is 9.53 Å². The smallest absolute Gasteiger partial charge is 0.426 e. The number of halogens is 1. The number of nitrogens with one attached hydrogen (secondary N) is 1. The van der Waals surface area contributed by atoms with Crippen molar-refractivity contribution in [2.24, 2.45) is 0 Å². The molecule has 18 heavy (non-hydrogen) atoms. The van der Waals surface area contributed by atoms with E-state index in [4.69, 9.17) is 4.74 Å². The van der Waals surface area contributed by atoms with Gasteiger partial charge < -0.3 is 4.74 Å². The van der Waals surface area contributed by atoms with Crippen LogP contribution in [0.3, 0.4) is 0 Å². The van der Waals surface area contributed by atoms with E-state index in [0.29, 0.717) is 12.6 Å². The molecule has 0 saturated heterocycles. The van der Waals surface area contributed by atoms with Gasteiger partial charge in [-0.3, -0.25) is 0 Å². The number of carbonyl (C=O) groups excluding carboxylic acids is 1.